The molecule has 1 aromatic carbocycles. The van der Waals surface area contributed by atoms with Crippen LogP contribution in [0, 0.1) is 6.92 Å². The standard InChI is InChI=1S/C19H24N4O3/c1-14-4-3-5-16(12-14)26-13-17(24)23-10-6-15(7-11-23)22-18-19(25-2)21-9-8-20-18/h3-5,8-9,12,15H,6-7,10-11,13H2,1-2H3,(H,20,22). The molecule has 0 bridgehead atoms. The van der Waals surface area contributed by atoms with Crippen LogP contribution in [0.5, 0.6) is 11.6 Å². The van der Waals surface area contributed by atoms with Crippen LogP contribution in [-0.2, 0) is 4.79 Å². The first kappa shape index (κ1) is 18.0. The number of hydrogen-bond acceptors (Lipinski definition) is 6. The Kier molecular flexibility index (Phi) is 5.88. The zero-order valence-corrected chi connectivity index (χ0v) is 15.1. The predicted molar refractivity (Wildman–Crippen MR) is 98.5 cm³/mol. The summed E-state index contributed by atoms with van der Waals surface area (Å²) in [5, 5.41) is 3.36. The molecule has 3 rings (SSSR count). The van der Waals surface area contributed by atoms with Crippen LogP contribution in [0.2, 0.25) is 0 Å². The van der Waals surface area contributed by atoms with Gasteiger partial charge in [0.25, 0.3) is 11.8 Å². The van der Waals surface area contributed by atoms with Gasteiger partial charge >= 0.3 is 0 Å². The molecule has 26 heavy (non-hydrogen) atoms. The number of nitrogens with one attached hydrogen (secondary N) is 1. The second-order valence-corrected chi connectivity index (χ2v) is 6.32. The maximum Gasteiger partial charge on any atom is 0.260 e. The SMILES string of the molecule is COc1nccnc1NC1CCN(C(=O)COc2cccc(C)c2)CC1. The minimum absolute atomic E-state index is 0.0158. The van der Waals surface area contributed by atoms with E-state index in [4.69, 9.17) is 9.47 Å². The van der Waals surface area contributed by atoms with E-state index >= 15 is 0 Å². The van der Waals surface area contributed by atoms with Crippen LogP contribution in [0.25, 0.3) is 0 Å². The molecule has 1 amide bonds. The number of aromatic nitrogens is 2. The molecule has 1 N–H and O–H groups in total. The molecule has 7 heteroatoms. The van der Waals surface area contributed by atoms with E-state index in [1.807, 2.05) is 36.1 Å². The van der Waals surface area contributed by atoms with Crippen molar-refractivity contribution in [1.29, 1.82) is 0 Å². The highest BCUT2D eigenvalue weighted by molar-refractivity contribution is 5.77. The number of ether oxygens (including phenoxy) is 2. The number of rotatable bonds is 6. The van der Waals surface area contributed by atoms with Crippen LogP contribution in [-0.4, -0.2) is 53.6 Å². The van der Waals surface area contributed by atoms with Crippen molar-refractivity contribution in [2.45, 2.75) is 25.8 Å². The fourth-order valence-corrected chi connectivity index (χ4v) is 2.98. The van der Waals surface area contributed by atoms with Gasteiger partial charge in [0.15, 0.2) is 12.4 Å². The lowest BCUT2D eigenvalue weighted by Gasteiger charge is -2.32. The highest BCUT2D eigenvalue weighted by atomic mass is 16.5. The summed E-state index contributed by atoms with van der Waals surface area (Å²) in [5.41, 5.74) is 1.11. The summed E-state index contributed by atoms with van der Waals surface area (Å²) in [6.45, 7) is 3.45. The Bertz CT molecular complexity index is 745. The average molecular weight is 356 g/mol. The Balaban J connectivity index is 1.46. The highest BCUT2D eigenvalue weighted by Gasteiger charge is 2.24. The van der Waals surface area contributed by atoms with Crippen molar-refractivity contribution in [3.8, 4) is 11.6 Å². The molecular weight excluding hydrogens is 332 g/mol. The highest BCUT2D eigenvalue weighted by Crippen LogP contribution is 2.21. The second-order valence-electron chi connectivity index (χ2n) is 6.32. The summed E-state index contributed by atoms with van der Waals surface area (Å²) in [5.74, 6) is 1.87. The van der Waals surface area contributed by atoms with E-state index in [0.29, 0.717) is 24.8 Å². The molecule has 2 aromatic rings. The second kappa shape index (κ2) is 8.51. The Morgan fingerprint density at radius 1 is 1.27 bits per heavy atom. The number of carbonyl (C=O) groups is 1. The van der Waals surface area contributed by atoms with Crippen molar-refractivity contribution in [1.82, 2.24) is 14.9 Å². The Morgan fingerprint density at radius 2 is 2.04 bits per heavy atom. The van der Waals surface area contributed by atoms with Gasteiger partial charge in [0.05, 0.1) is 7.11 Å². The van der Waals surface area contributed by atoms with E-state index in [-0.39, 0.29) is 18.6 Å². The predicted octanol–water partition coefficient (Wildman–Crippen LogP) is 2.28. The maximum absolute atomic E-state index is 12.4. The van der Waals surface area contributed by atoms with Gasteiger partial charge in [-0.15, -0.1) is 0 Å². The van der Waals surface area contributed by atoms with Gasteiger partial charge in [-0.2, -0.15) is 0 Å². The van der Waals surface area contributed by atoms with E-state index in [2.05, 4.69) is 15.3 Å². The van der Waals surface area contributed by atoms with E-state index < -0.39 is 0 Å². The van der Waals surface area contributed by atoms with Gasteiger partial charge in [0, 0.05) is 31.5 Å². The molecule has 1 aromatic heterocycles. The fourth-order valence-electron chi connectivity index (χ4n) is 2.98. The zero-order valence-electron chi connectivity index (χ0n) is 15.1. The molecule has 0 radical (unpaired) electrons. The van der Waals surface area contributed by atoms with Crippen LogP contribution in [0.3, 0.4) is 0 Å². The zero-order chi connectivity index (χ0) is 18.4. The van der Waals surface area contributed by atoms with Gasteiger partial charge < -0.3 is 19.7 Å². The number of methoxy groups -OCH3 is 1. The third kappa shape index (κ3) is 4.62. The van der Waals surface area contributed by atoms with Crippen molar-refractivity contribution in [2.24, 2.45) is 0 Å². The smallest absolute Gasteiger partial charge is 0.260 e. The monoisotopic (exact) mass is 356 g/mol. The molecule has 1 aliphatic heterocycles. The van der Waals surface area contributed by atoms with Gasteiger partial charge in [0.2, 0.25) is 0 Å². The molecule has 1 saturated heterocycles. The summed E-state index contributed by atoms with van der Waals surface area (Å²) in [4.78, 5) is 22.6. The maximum atomic E-state index is 12.4. The Labute approximate surface area is 153 Å². The minimum Gasteiger partial charge on any atom is -0.484 e. The first-order valence-corrected chi connectivity index (χ1v) is 8.74. The molecule has 0 aliphatic carbocycles. The number of benzene rings is 1. The molecule has 0 atom stereocenters. The van der Waals surface area contributed by atoms with Crippen molar-refractivity contribution in [3.63, 3.8) is 0 Å². The fraction of sp³-hybridized carbons (Fsp3) is 0.421. The van der Waals surface area contributed by atoms with E-state index in [1.54, 1.807) is 19.5 Å². The number of nitrogens with zero attached hydrogens (tertiary/aromatic N) is 3. The van der Waals surface area contributed by atoms with Crippen LogP contribution >= 0.6 is 0 Å². The number of aryl methyl sites for hydroxylation is 1. The molecule has 138 valence electrons. The number of amides is 1. The van der Waals surface area contributed by atoms with Gasteiger partial charge in [-0.3, -0.25) is 4.79 Å². The first-order chi connectivity index (χ1) is 12.7. The topological polar surface area (TPSA) is 76.6 Å². The summed E-state index contributed by atoms with van der Waals surface area (Å²) in [7, 11) is 1.57. The van der Waals surface area contributed by atoms with Crippen molar-refractivity contribution >= 4 is 11.7 Å². The number of likely N-dealkylation sites (tertiary alicyclic amines) is 1. The summed E-state index contributed by atoms with van der Waals surface area (Å²) in [6.07, 6.45) is 4.91. The molecule has 1 aliphatic rings. The molecule has 0 unspecified atom stereocenters. The molecule has 1 fully saturated rings. The van der Waals surface area contributed by atoms with E-state index in [9.17, 15) is 4.79 Å². The lowest BCUT2D eigenvalue weighted by Crippen LogP contribution is -2.44. The Hall–Kier alpha value is -2.83. The van der Waals surface area contributed by atoms with Crippen LogP contribution in [0.15, 0.2) is 36.7 Å². The molecule has 0 spiro atoms. The molecule has 7 nitrogen and oxygen atoms in total. The number of anilines is 1. The van der Waals surface area contributed by atoms with Gasteiger partial charge in [-0.1, -0.05) is 12.1 Å². The number of piperidine rings is 1. The minimum atomic E-state index is 0.0158. The van der Waals surface area contributed by atoms with E-state index in [0.717, 1.165) is 24.2 Å². The summed E-state index contributed by atoms with van der Waals surface area (Å²) in [6, 6.07) is 7.95. The Morgan fingerprint density at radius 3 is 2.77 bits per heavy atom. The van der Waals surface area contributed by atoms with Crippen LogP contribution in [0.4, 0.5) is 5.82 Å². The first-order valence-electron chi connectivity index (χ1n) is 8.74. The summed E-state index contributed by atoms with van der Waals surface area (Å²) < 4.78 is 10.8. The third-order valence-electron chi connectivity index (χ3n) is 4.40. The molecule has 0 saturated carbocycles. The number of hydrogen-bond donors (Lipinski definition) is 1. The lowest BCUT2D eigenvalue weighted by atomic mass is 10.1. The number of carbonyl (C=O) groups excluding carboxylic acids is 1. The third-order valence-corrected chi connectivity index (χ3v) is 4.40. The lowest BCUT2D eigenvalue weighted by molar-refractivity contribution is -0.134. The van der Waals surface area contributed by atoms with Gasteiger partial charge in [0.1, 0.15) is 5.75 Å². The van der Waals surface area contributed by atoms with Crippen molar-refractivity contribution in [3.05, 3.63) is 42.2 Å². The van der Waals surface area contributed by atoms with Crippen molar-refractivity contribution in [2.75, 3.05) is 32.1 Å². The van der Waals surface area contributed by atoms with Crippen molar-refractivity contribution < 1.29 is 14.3 Å². The van der Waals surface area contributed by atoms with Gasteiger partial charge in [-0.25, -0.2) is 9.97 Å². The van der Waals surface area contributed by atoms with Crippen LogP contribution < -0.4 is 14.8 Å². The normalized spacial score (nSPS) is 14.8. The summed E-state index contributed by atoms with van der Waals surface area (Å²) >= 11 is 0. The van der Waals surface area contributed by atoms with Crippen LogP contribution in [0.1, 0.15) is 18.4 Å². The largest absolute Gasteiger partial charge is 0.484 e. The average Bonchev–Trinajstić information content (AvgIpc) is 2.67. The quantitative estimate of drug-likeness (QED) is 0.856. The van der Waals surface area contributed by atoms with E-state index in [1.165, 1.54) is 0 Å². The van der Waals surface area contributed by atoms with Gasteiger partial charge in [-0.05, 0) is 37.5 Å². The molecule has 2 heterocycles. The molecular formula is C19H24N4O3.